The van der Waals surface area contributed by atoms with Crippen molar-refractivity contribution in [1.82, 2.24) is 15.3 Å². The van der Waals surface area contributed by atoms with Gasteiger partial charge in [-0.3, -0.25) is 4.79 Å². The second-order valence-electron chi connectivity index (χ2n) is 7.49. The highest BCUT2D eigenvalue weighted by Crippen LogP contribution is 2.26. The fraction of sp³-hybridized carbons (Fsp3) is 0.476. The third kappa shape index (κ3) is 3.87. The molecule has 1 aromatic carbocycles. The summed E-state index contributed by atoms with van der Waals surface area (Å²) in [6, 6.07) is 8.90. The van der Waals surface area contributed by atoms with E-state index in [-0.39, 0.29) is 11.9 Å². The third-order valence-corrected chi connectivity index (χ3v) is 5.55. The molecule has 2 aliphatic carbocycles. The van der Waals surface area contributed by atoms with Crippen LogP contribution < -0.4 is 10.6 Å². The van der Waals surface area contributed by atoms with Crippen molar-refractivity contribution in [3.05, 3.63) is 53.5 Å². The molecular formula is C21H26N4O. The Morgan fingerprint density at radius 1 is 1.00 bits per heavy atom. The molecule has 1 fully saturated rings. The van der Waals surface area contributed by atoms with Crippen LogP contribution in [-0.2, 0) is 12.8 Å². The van der Waals surface area contributed by atoms with E-state index in [1.807, 2.05) is 0 Å². The Hall–Kier alpha value is -2.43. The second-order valence-corrected chi connectivity index (χ2v) is 7.49. The fourth-order valence-electron chi connectivity index (χ4n) is 4.17. The molecule has 0 aliphatic heterocycles. The molecule has 4 rings (SSSR count). The lowest BCUT2D eigenvalue weighted by molar-refractivity contribution is 0.0923. The Labute approximate surface area is 154 Å². The van der Waals surface area contributed by atoms with E-state index in [0.717, 1.165) is 32.2 Å². The van der Waals surface area contributed by atoms with Crippen LogP contribution in [0.1, 0.15) is 53.7 Å². The maximum Gasteiger partial charge on any atom is 0.273 e. The predicted octanol–water partition coefficient (Wildman–Crippen LogP) is 3.37. The summed E-state index contributed by atoms with van der Waals surface area (Å²) >= 11 is 0. The number of fused-ring (bicyclic) bond motifs is 1. The molecule has 2 aromatic rings. The number of hydrogen-bond acceptors (Lipinski definition) is 4. The molecule has 1 heterocycles. The molecule has 26 heavy (non-hydrogen) atoms. The van der Waals surface area contributed by atoms with Gasteiger partial charge in [0, 0.05) is 25.0 Å². The summed E-state index contributed by atoms with van der Waals surface area (Å²) < 4.78 is 0. The minimum absolute atomic E-state index is 0.109. The average Bonchev–Trinajstić information content (AvgIpc) is 3.10. The molecule has 0 unspecified atom stereocenters. The standard InChI is InChI=1S/C21H26N4O/c26-21(25-18-8-2-1-3-9-18)19-20(23-11-10-22-19)24-14-15-12-16-6-4-5-7-17(16)13-15/h4-7,10-11,15,18H,1-3,8-9,12-14H2,(H,23,24)(H,25,26). The Morgan fingerprint density at radius 3 is 2.42 bits per heavy atom. The maximum absolute atomic E-state index is 12.7. The number of nitrogens with zero attached hydrogens (tertiary/aromatic N) is 2. The second kappa shape index (κ2) is 7.85. The molecular weight excluding hydrogens is 324 g/mol. The Kier molecular flexibility index (Phi) is 5.14. The van der Waals surface area contributed by atoms with Crippen LogP contribution in [0.3, 0.4) is 0 Å². The first-order valence-corrected chi connectivity index (χ1v) is 9.72. The van der Waals surface area contributed by atoms with Gasteiger partial charge in [0.1, 0.15) is 0 Å². The van der Waals surface area contributed by atoms with Gasteiger partial charge in [-0.1, -0.05) is 43.5 Å². The lowest BCUT2D eigenvalue weighted by Crippen LogP contribution is -2.37. The summed E-state index contributed by atoms with van der Waals surface area (Å²) in [4.78, 5) is 21.3. The zero-order chi connectivity index (χ0) is 17.8. The van der Waals surface area contributed by atoms with Gasteiger partial charge in [-0.15, -0.1) is 0 Å². The van der Waals surface area contributed by atoms with Crippen LogP contribution in [0.25, 0.3) is 0 Å². The van der Waals surface area contributed by atoms with Crippen molar-refractivity contribution in [3.8, 4) is 0 Å². The van der Waals surface area contributed by atoms with Crippen molar-refractivity contribution in [2.75, 3.05) is 11.9 Å². The smallest absolute Gasteiger partial charge is 0.273 e. The lowest BCUT2D eigenvalue weighted by atomic mass is 9.95. The van der Waals surface area contributed by atoms with E-state index in [1.54, 1.807) is 12.4 Å². The van der Waals surface area contributed by atoms with Gasteiger partial charge >= 0.3 is 0 Å². The number of hydrogen-bond donors (Lipinski definition) is 2. The van der Waals surface area contributed by atoms with Gasteiger partial charge in [0.25, 0.3) is 5.91 Å². The molecule has 0 saturated heterocycles. The van der Waals surface area contributed by atoms with Crippen molar-refractivity contribution in [3.63, 3.8) is 0 Å². The third-order valence-electron chi connectivity index (χ3n) is 5.55. The van der Waals surface area contributed by atoms with E-state index in [0.29, 0.717) is 17.4 Å². The van der Waals surface area contributed by atoms with Crippen molar-refractivity contribution in [2.24, 2.45) is 5.92 Å². The van der Waals surface area contributed by atoms with Gasteiger partial charge in [0.15, 0.2) is 11.5 Å². The fourth-order valence-corrected chi connectivity index (χ4v) is 4.17. The molecule has 0 radical (unpaired) electrons. The van der Waals surface area contributed by atoms with E-state index >= 15 is 0 Å². The molecule has 1 amide bonds. The first-order chi connectivity index (χ1) is 12.8. The minimum Gasteiger partial charge on any atom is -0.368 e. The SMILES string of the molecule is O=C(NC1CCCCC1)c1nccnc1NCC1Cc2ccccc2C1. The molecule has 0 spiro atoms. The zero-order valence-electron chi connectivity index (χ0n) is 15.1. The maximum atomic E-state index is 12.7. The van der Waals surface area contributed by atoms with Gasteiger partial charge < -0.3 is 10.6 Å². The molecule has 5 heteroatoms. The summed E-state index contributed by atoms with van der Waals surface area (Å²) in [6.45, 7) is 0.803. The number of nitrogens with one attached hydrogen (secondary N) is 2. The van der Waals surface area contributed by atoms with Crippen LogP contribution >= 0.6 is 0 Å². The van der Waals surface area contributed by atoms with E-state index in [9.17, 15) is 4.79 Å². The van der Waals surface area contributed by atoms with Crippen LogP contribution in [0.2, 0.25) is 0 Å². The molecule has 0 atom stereocenters. The largest absolute Gasteiger partial charge is 0.368 e. The topological polar surface area (TPSA) is 66.9 Å². The number of carbonyl (C=O) groups excluding carboxylic acids is 1. The zero-order valence-corrected chi connectivity index (χ0v) is 15.1. The van der Waals surface area contributed by atoms with E-state index < -0.39 is 0 Å². The summed E-state index contributed by atoms with van der Waals surface area (Å²) in [6.07, 6.45) is 11.2. The lowest BCUT2D eigenvalue weighted by Gasteiger charge is -2.23. The normalized spacial score (nSPS) is 17.7. The van der Waals surface area contributed by atoms with Crippen molar-refractivity contribution >= 4 is 11.7 Å². The highest BCUT2D eigenvalue weighted by Gasteiger charge is 2.23. The number of benzene rings is 1. The summed E-state index contributed by atoms with van der Waals surface area (Å²) in [7, 11) is 0. The first-order valence-electron chi connectivity index (χ1n) is 9.72. The van der Waals surface area contributed by atoms with Gasteiger partial charge in [0.05, 0.1) is 0 Å². The van der Waals surface area contributed by atoms with Crippen molar-refractivity contribution < 1.29 is 4.79 Å². The number of carbonyl (C=O) groups is 1. The monoisotopic (exact) mass is 350 g/mol. The van der Waals surface area contributed by atoms with Gasteiger partial charge in [-0.2, -0.15) is 0 Å². The quantitative estimate of drug-likeness (QED) is 0.868. The first kappa shape index (κ1) is 17.0. The molecule has 0 bridgehead atoms. The van der Waals surface area contributed by atoms with Gasteiger partial charge in [-0.05, 0) is 42.7 Å². The van der Waals surface area contributed by atoms with Gasteiger partial charge in [-0.25, -0.2) is 9.97 Å². The predicted molar refractivity (Wildman–Crippen MR) is 102 cm³/mol. The molecule has 2 N–H and O–H groups in total. The number of rotatable bonds is 5. The van der Waals surface area contributed by atoms with Crippen LogP contribution in [0.15, 0.2) is 36.7 Å². The highest BCUT2D eigenvalue weighted by molar-refractivity contribution is 5.96. The Morgan fingerprint density at radius 2 is 1.69 bits per heavy atom. The van der Waals surface area contributed by atoms with Gasteiger partial charge in [0.2, 0.25) is 0 Å². The molecule has 136 valence electrons. The Bertz CT molecular complexity index is 745. The van der Waals surface area contributed by atoms with Crippen LogP contribution in [0.5, 0.6) is 0 Å². The summed E-state index contributed by atoms with van der Waals surface area (Å²) in [5, 5.41) is 6.51. The molecule has 5 nitrogen and oxygen atoms in total. The van der Waals surface area contributed by atoms with Crippen LogP contribution in [-0.4, -0.2) is 28.5 Å². The average molecular weight is 350 g/mol. The summed E-state index contributed by atoms with van der Waals surface area (Å²) in [5.74, 6) is 1.02. The van der Waals surface area contributed by atoms with E-state index in [2.05, 4.69) is 44.9 Å². The molecule has 1 saturated carbocycles. The van der Waals surface area contributed by atoms with Crippen molar-refractivity contribution in [1.29, 1.82) is 0 Å². The van der Waals surface area contributed by atoms with Crippen LogP contribution in [0.4, 0.5) is 5.82 Å². The minimum atomic E-state index is -0.109. The molecule has 2 aliphatic rings. The van der Waals surface area contributed by atoms with E-state index in [4.69, 9.17) is 0 Å². The molecule has 1 aromatic heterocycles. The number of aromatic nitrogens is 2. The highest BCUT2D eigenvalue weighted by atomic mass is 16.2. The van der Waals surface area contributed by atoms with Crippen molar-refractivity contribution in [2.45, 2.75) is 51.0 Å². The Balaban J connectivity index is 1.37. The summed E-state index contributed by atoms with van der Waals surface area (Å²) in [5.41, 5.74) is 3.29. The van der Waals surface area contributed by atoms with Crippen LogP contribution in [0, 0.1) is 5.92 Å². The number of amides is 1. The number of anilines is 1. The van der Waals surface area contributed by atoms with E-state index in [1.165, 1.54) is 30.4 Å².